The van der Waals surface area contributed by atoms with E-state index in [0.717, 1.165) is 5.57 Å². The third-order valence-corrected chi connectivity index (χ3v) is 2.34. The topological polar surface area (TPSA) is 0 Å². The second kappa shape index (κ2) is 5.35. The van der Waals surface area contributed by atoms with Gasteiger partial charge in [0, 0.05) is 0 Å². The molecule has 0 N–H and O–H groups in total. The van der Waals surface area contributed by atoms with Crippen molar-refractivity contribution in [2.45, 2.75) is 20.8 Å². The number of allylic oxidation sites excluding steroid dienone is 4. The maximum absolute atomic E-state index is 3.98. The maximum atomic E-state index is 3.98. The molecule has 0 saturated heterocycles. The molecule has 0 nitrogen and oxygen atoms in total. The van der Waals surface area contributed by atoms with E-state index in [4.69, 9.17) is 0 Å². The van der Waals surface area contributed by atoms with Crippen molar-refractivity contribution in [2.24, 2.45) is 0 Å². The molecule has 0 saturated carbocycles. The van der Waals surface area contributed by atoms with Crippen molar-refractivity contribution >= 4 is 6.08 Å². The first-order chi connectivity index (χ1) is 7.15. The van der Waals surface area contributed by atoms with Gasteiger partial charge in [0.15, 0.2) is 0 Å². The summed E-state index contributed by atoms with van der Waals surface area (Å²) in [4.78, 5) is 0. The molecule has 0 aliphatic carbocycles. The molecule has 1 aromatic rings. The van der Waals surface area contributed by atoms with Crippen LogP contribution in [0.15, 0.2) is 54.1 Å². The van der Waals surface area contributed by atoms with Gasteiger partial charge in [-0.3, -0.25) is 0 Å². The molecule has 0 fully saturated rings. The van der Waals surface area contributed by atoms with E-state index in [2.05, 4.69) is 49.9 Å². The van der Waals surface area contributed by atoms with Gasteiger partial charge in [-0.2, -0.15) is 0 Å². The van der Waals surface area contributed by atoms with Gasteiger partial charge in [-0.05, 0) is 43.5 Å². The third-order valence-electron chi connectivity index (χ3n) is 2.34. The molecular formula is C15H18. The fourth-order valence-electron chi connectivity index (χ4n) is 1.41. The highest BCUT2D eigenvalue weighted by Crippen LogP contribution is 2.17. The predicted molar refractivity (Wildman–Crippen MR) is 68.8 cm³/mol. The highest BCUT2D eigenvalue weighted by molar-refractivity contribution is 5.63. The van der Waals surface area contributed by atoms with E-state index in [1.165, 1.54) is 16.7 Å². The molecule has 0 spiro atoms. The van der Waals surface area contributed by atoms with E-state index < -0.39 is 0 Å². The molecule has 0 aliphatic rings. The lowest BCUT2D eigenvalue weighted by molar-refractivity contribution is 1.42. The van der Waals surface area contributed by atoms with Crippen molar-refractivity contribution in [3.05, 3.63) is 65.3 Å². The summed E-state index contributed by atoms with van der Waals surface area (Å²) >= 11 is 0. The summed E-state index contributed by atoms with van der Waals surface area (Å²) in [5.74, 6) is 0. The van der Waals surface area contributed by atoms with Crippen LogP contribution in [0.5, 0.6) is 0 Å². The van der Waals surface area contributed by atoms with Crippen LogP contribution in [0.2, 0.25) is 0 Å². The summed E-state index contributed by atoms with van der Waals surface area (Å²) in [7, 11) is 0. The quantitative estimate of drug-likeness (QED) is 0.626. The molecule has 1 rings (SSSR count). The molecule has 0 amide bonds. The van der Waals surface area contributed by atoms with Crippen LogP contribution in [-0.4, -0.2) is 0 Å². The average Bonchev–Trinajstić information content (AvgIpc) is 2.20. The van der Waals surface area contributed by atoms with Gasteiger partial charge < -0.3 is 0 Å². The van der Waals surface area contributed by atoms with Crippen molar-refractivity contribution in [2.75, 3.05) is 0 Å². The molecule has 0 unspecified atom stereocenters. The monoisotopic (exact) mass is 198 g/mol. The Kier molecular flexibility index (Phi) is 4.11. The Bertz CT molecular complexity index is 406. The number of hydrogen-bond donors (Lipinski definition) is 0. The van der Waals surface area contributed by atoms with Gasteiger partial charge in [0.1, 0.15) is 0 Å². The molecule has 0 aromatic heterocycles. The van der Waals surface area contributed by atoms with Gasteiger partial charge in [-0.1, -0.05) is 48.6 Å². The van der Waals surface area contributed by atoms with Crippen molar-refractivity contribution < 1.29 is 0 Å². The van der Waals surface area contributed by atoms with Crippen molar-refractivity contribution in [3.8, 4) is 0 Å². The minimum atomic E-state index is 1.09. The Balaban J connectivity index is 3.13. The Hall–Kier alpha value is -1.56. The largest absolute Gasteiger partial charge is 0.0955 e. The molecule has 0 atom stereocenters. The summed E-state index contributed by atoms with van der Waals surface area (Å²) in [5, 5.41) is 0. The molecule has 0 aliphatic heterocycles. The van der Waals surface area contributed by atoms with Crippen LogP contribution in [0.1, 0.15) is 25.0 Å². The summed E-state index contributed by atoms with van der Waals surface area (Å²) in [6.07, 6.45) is 6.31. The second-order valence-electron chi connectivity index (χ2n) is 3.74. The summed E-state index contributed by atoms with van der Waals surface area (Å²) in [6, 6.07) is 8.37. The van der Waals surface area contributed by atoms with Gasteiger partial charge in [0.2, 0.25) is 0 Å². The molecule has 1 aromatic carbocycles. The van der Waals surface area contributed by atoms with E-state index in [-0.39, 0.29) is 0 Å². The zero-order valence-corrected chi connectivity index (χ0v) is 9.75. The van der Waals surface area contributed by atoms with Crippen LogP contribution < -0.4 is 0 Å². The van der Waals surface area contributed by atoms with Gasteiger partial charge in [-0.15, -0.1) is 0 Å². The minimum absolute atomic E-state index is 1.09. The summed E-state index contributed by atoms with van der Waals surface area (Å²) in [5.41, 5.74) is 4.83. The van der Waals surface area contributed by atoms with Crippen LogP contribution in [0, 0.1) is 6.92 Å². The Morgan fingerprint density at radius 3 is 2.47 bits per heavy atom. The molecule has 0 bridgehead atoms. The number of hydrogen-bond acceptors (Lipinski definition) is 0. The maximum Gasteiger partial charge on any atom is -0.0221 e. The fourth-order valence-corrected chi connectivity index (χ4v) is 1.41. The smallest absolute Gasteiger partial charge is 0.0221 e. The van der Waals surface area contributed by atoms with Crippen LogP contribution >= 0.6 is 0 Å². The standard InChI is InChI=1S/C15H18/c1-5-8-14(12(2)3)11-15-10-7-6-9-13(15)4/h5-11H,2H2,1,3-4H3/b8-5-,14-11-. The van der Waals surface area contributed by atoms with Crippen molar-refractivity contribution in [1.82, 2.24) is 0 Å². The van der Waals surface area contributed by atoms with Crippen LogP contribution in [0.3, 0.4) is 0 Å². The van der Waals surface area contributed by atoms with E-state index >= 15 is 0 Å². The SMILES string of the molecule is C=C(C)C(/C=C\C)=C\c1ccccc1C. The highest BCUT2D eigenvalue weighted by Gasteiger charge is 1.96. The minimum Gasteiger partial charge on any atom is -0.0955 e. The first kappa shape index (κ1) is 11.5. The third kappa shape index (κ3) is 3.25. The number of benzene rings is 1. The van der Waals surface area contributed by atoms with E-state index in [1.54, 1.807) is 0 Å². The van der Waals surface area contributed by atoms with Gasteiger partial charge in [-0.25, -0.2) is 0 Å². The molecule has 0 heterocycles. The molecule has 0 radical (unpaired) electrons. The highest BCUT2D eigenvalue weighted by atomic mass is 14.0. The van der Waals surface area contributed by atoms with Gasteiger partial charge in [0.05, 0.1) is 0 Å². The lowest BCUT2D eigenvalue weighted by Crippen LogP contribution is -1.83. The van der Waals surface area contributed by atoms with Crippen LogP contribution in [0.25, 0.3) is 6.08 Å². The van der Waals surface area contributed by atoms with Crippen molar-refractivity contribution in [3.63, 3.8) is 0 Å². The number of rotatable bonds is 3. The van der Waals surface area contributed by atoms with E-state index in [0.29, 0.717) is 0 Å². The molecular weight excluding hydrogens is 180 g/mol. The first-order valence-electron chi connectivity index (χ1n) is 5.21. The van der Waals surface area contributed by atoms with E-state index in [9.17, 15) is 0 Å². The zero-order valence-electron chi connectivity index (χ0n) is 9.75. The fraction of sp³-hybridized carbons (Fsp3) is 0.200. The summed E-state index contributed by atoms with van der Waals surface area (Å²) < 4.78 is 0. The van der Waals surface area contributed by atoms with Crippen molar-refractivity contribution in [1.29, 1.82) is 0 Å². The molecule has 78 valence electrons. The Morgan fingerprint density at radius 2 is 1.93 bits per heavy atom. The molecule has 15 heavy (non-hydrogen) atoms. The zero-order chi connectivity index (χ0) is 11.3. The molecule has 0 heteroatoms. The lowest BCUT2D eigenvalue weighted by Gasteiger charge is -2.03. The predicted octanol–water partition coefficient (Wildman–Crippen LogP) is 4.53. The average molecular weight is 198 g/mol. The first-order valence-corrected chi connectivity index (χ1v) is 5.21. The van der Waals surface area contributed by atoms with Gasteiger partial charge in [0.25, 0.3) is 0 Å². The summed E-state index contributed by atoms with van der Waals surface area (Å²) in [6.45, 7) is 10.2. The van der Waals surface area contributed by atoms with E-state index in [1.807, 2.05) is 19.9 Å². The Labute approximate surface area is 92.6 Å². The normalized spacial score (nSPS) is 12.1. The van der Waals surface area contributed by atoms with Crippen LogP contribution in [0.4, 0.5) is 0 Å². The second-order valence-corrected chi connectivity index (χ2v) is 3.74. The lowest BCUT2D eigenvalue weighted by atomic mass is 10.0. The number of aryl methyl sites for hydroxylation is 1. The Morgan fingerprint density at radius 1 is 1.27 bits per heavy atom. The van der Waals surface area contributed by atoms with Gasteiger partial charge >= 0.3 is 0 Å². The van der Waals surface area contributed by atoms with Crippen LogP contribution in [-0.2, 0) is 0 Å².